The van der Waals surface area contributed by atoms with E-state index in [1.165, 1.54) is 11.3 Å². The molecule has 0 aliphatic carbocycles. The maximum atomic E-state index is 5.54. The van der Waals surface area contributed by atoms with Gasteiger partial charge in [0.1, 0.15) is 5.00 Å². The molecule has 74 valence electrons. The van der Waals surface area contributed by atoms with Gasteiger partial charge in [0, 0.05) is 12.1 Å². The Bertz CT molecular complexity index is 385. The Morgan fingerprint density at radius 1 is 1.64 bits per heavy atom. The van der Waals surface area contributed by atoms with Crippen LogP contribution >= 0.6 is 27.3 Å². The van der Waals surface area contributed by atoms with Gasteiger partial charge in [0.25, 0.3) is 0 Å². The first-order chi connectivity index (χ1) is 6.74. The maximum absolute atomic E-state index is 5.54. The van der Waals surface area contributed by atoms with Gasteiger partial charge >= 0.3 is 0 Å². The molecule has 0 radical (unpaired) electrons. The van der Waals surface area contributed by atoms with Crippen molar-refractivity contribution in [3.05, 3.63) is 28.8 Å². The molecule has 0 amide bonds. The highest BCUT2D eigenvalue weighted by atomic mass is 79.9. The van der Waals surface area contributed by atoms with Crippen molar-refractivity contribution in [2.75, 3.05) is 11.1 Å². The predicted octanol–water partition coefficient (Wildman–Crippen LogP) is 2.69. The lowest BCUT2D eigenvalue weighted by Gasteiger charge is -1.97. The van der Waals surface area contributed by atoms with Crippen LogP contribution in [0.2, 0.25) is 0 Å². The van der Waals surface area contributed by atoms with Crippen molar-refractivity contribution >= 4 is 37.4 Å². The summed E-state index contributed by atoms with van der Waals surface area (Å²) < 4.78 is 5.82. The summed E-state index contributed by atoms with van der Waals surface area (Å²) in [7, 11) is 0. The Kier molecular flexibility index (Phi) is 2.74. The zero-order valence-electron chi connectivity index (χ0n) is 7.16. The average Bonchev–Trinajstić information content (AvgIpc) is 2.72. The van der Waals surface area contributed by atoms with Gasteiger partial charge in [-0.05, 0) is 22.0 Å². The summed E-state index contributed by atoms with van der Waals surface area (Å²) in [6.45, 7) is 0.683. The summed E-state index contributed by atoms with van der Waals surface area (Å²) in [5.74, 6) is 0. The number of anilines is 2. The molecule has 0 saturated carbocycles. The second kappa shape index (κ2) is 4.02. The Morgan fingerprint density at radius 3 is 3.07 bits per heavy atom. The monoisotopic (exact) mass is 273 g/mol. The van der Waals surface area contributed by atoms with Crippen molar-refractivity contribution in [1.82, 2.24) is 4.98 Å². The normalized spacial score (nSPS) is 10.4. The summed E-state index contributed by atoms with van der Waals surface area (Å²) in [6.07, 6.45) is 3.33. The van der Waals surface area contributed by atoms with Crippen LogP contribution in [0.15, 0.2) is 27.6 Å². The number of halogens is 1. The molecule has 0 atom stereocenters. The first-order valence-electron chi connectivity index (χ1n) is 3.92. The maximum Gasteiger partial charge on any atom is 0.184 e. The predicted molar refractivity (Wildman–Crippen MR) is 60.3 cm³/mol. The molecule has 0 unspecified atom stereocenters. The molecule has 2 aromatic heterocycles. The molecule has 0 aromatic carbocycles. The number of nitrogens with one attached hydrogen (secondary N) is 1. The Morgan fingerprint density at radius 2 is 2.50 bits per heavy atom. The Labute approximate surface area is 93.3 Å². The van der Waals surface area contributed by atoms with Crippen molar-refractivity contribution in [1.29, 1.82) is 0 Å². The molecule has 14 heavy (non-hydrogen) atoms. The highest BCUT2D eigenvalue weighted by Crippen LogP contribution is 2.21. The number of nitrogen functional groups attached to an aromatic ring is 1. The zero-order chi connectivity index (χ0) is 9.97. The average molecular weight is 274 g/mol. The second-order valence-electron chi connectivity index (χ2n) is 2.68. The minimum absolute atomic E-state index is 0.683. The summed E-state index contributed by atoms with van der Waals surface area (Å²) in [4.78, 5) is 4.08. The van der Waals surface area contributed by atoms with Crippen LogP contribution in [0, 0.1) is 0 Å². The first kappa shape index (κ1) is 9.54. The summed E-state index contributed by atoms with van der Waals surface area (Å²) in [5, 5.41) is 4.67. The fourth-order valence-electron chi connectivity index (χ4n) is 0.984. The van der Waals surface area contributed by atoms with Gasteiger partial charge in [0.15, 0.2) is 9.80 Å². The van der Waals surface area contributed by atoms with Crippen molar-refractivity contribution in [3.8, 4) is 0 Å². The van der Waals surface area contributed by atoms with Gasteiger partial charge in [-0.3, -0.25) is 0 Å². The number of rotatable bonds is 3. The minimum atomic E-state index is 0.683. The lowest BCUT2D eigenvalue weighted by molar-refractivity contribution is 0.539. The summed E-state index contributed by atoms with van der Waals surface area (Å²) in [5.41, 5.74) is 6.60. The molecule has 6 heteroatoms. The van der Waals surface area contributed by atoms with Gasteiger partial charge in [-0.1, -0.05) is 11.3 Å². The van der Waals surface area contributed by atoms with Crippen molar-refractivity contribution in [3.63, 3.8) is 0 Å². The SMILES string of the molecule is Nc1cnc(NCc2coc(Br)c2)s1. The molecule has 0 aliphatic rings. The number of hydrogen-bond acceptors (Lipinski definition) is 5. The van der Waals surface area contributed by atoms with Gasteiger partial charge < -0.3 is 15.5 Å². The molecule has 2 aromatic rings. The fourth-order valence-corrected chi connectivity index (χ4v) is 1.95. The van der Waals surface area contributed by atoms with Crippen LogP contribution in [0.5, 0.6) is 0 Å². The Balaban J connectivity index is 1.94. The number of furan rings is 1. The molecule has 0 spiro atoms. The Hall–Kier alpha value is -1.01. The van der Waals surface area contributed by atoms with E-state index < -0.39 is 0 Å². The third kappa shape index (κ3) is 2.27. The number of nitrogens with zero attached hydrogens (tertiary/aromatic N) is 1. The van der Waals surface area contributed by atoms with E-state index in [4.69, 9.17) is 10.2 Å². The minimum Gasteiger partial charge on any atom is -0.457 e. The zero-order valence-corrected chi connectivity index (χ0v) is 9.56. The second-order valence-corrected chi connectivity index (χ2v) is 4.52. The van der Waals surface area contributed by atoms with E-state index in [9.17, 15) is 0 Å². The highest BCUT2D eigenvalue weighted by Gasteiger charge is 2.01. The van der Waals surface area contributed by atoms with Gasteiger partial charge in [0.2, 0.25) is 0 Å². The van der Waals surface area contributed by atoms with Gasteiger partial charge in [-0.15, -0.1) is 0 Å². The fraction of sp³-hybridized carbons (Fsp3) is 0.125. The third-order valence-corrected chi connectivity index (χ3v) is 2.79. The van der Waals surface area contributed by atoms with Crippen molar-refractivity contribution in [2.45, 2.75) is 6.54 Å². The van der Waals surface area contributed by atoms with E-state index in [-0.39, 0.29) is 0 Å². The van der Waals surface area contributed by atoms with Crippen LogP contribution in [0.25, 0.3) is 0 Å². The number of thiazole rings is 1. The molecule has 2 rings (SSSR count). The third-order valence-electron chi connectivity index (χ3n) is 1.59. The number of nitrogens with two attached hydrogens (primary N) is 1. The molecule has 0 fully saturated rings. The largest absolute Gasteiger partial charge is 0.457 e. The standard InChI is InChI=1S/C8H8BrN3OS/c9-6-1-5(4-13-6)2-11-8-12-3-7(10)14-8/h1,3-4H,2,10H2,(H,11,12). The number of aromatic nitrogens is 1. The number of hydrogen-bond donors (Lipinski definition) is 2. The van der Waals surface area contributed by atoms with Crippen LogP contribution in [0.3, 0.4) is 0 Å². The molecule has 0 aliphatic heterocycles. The molecular weight excluding hydrogens is 266 g/mol. The van der Waals surface area contributed by atoms with Gasteiger partial charge in [-0.25, -0.2) is 4.98 Å². The van der Waals surface area contributed by atoms with Gasteiger partial charge in [-0.2, -0.15) is 0 Å². The molecule has 0 saturated heterocycles. The van der Waals surface area contributed by atoms with Crippen LogP contribution in [0.1, 0.15) is 5.56 Å². The van der Waals surface area contributed by atoms with E-state index in [0.717, 1.165) is 15.4 Å². The quantitative estimate of drug-likeness (QED) is 0.903. The van der Waals surface area contributed by atoms with Crippen LogP contribution in [-0.4, -0.2) is 4.98 Å². The van der Waals surface area contributed by atoms with Crippen LogP contribution in [0.4, 0.5) is 10.1 Å². The highest BCUT2D eigenvalue weighted by molar-refractivity contribution is 9.10. The van der Waals surface area contributed by atoms with E-state index in [1.807, 2.05) is 6.07 Å². The summed E-state index contributed by atoms with van der Waals surface area (Å²) in [6, 6.07) is 1.91. The first-order valence-corrected chi connectivity index (χ1v) is 5.53. The van der Waals surface area contributed by atoms with Crippen LogP contribution < -0.4 is 11.1 Å². The molecule has 4 nitrogen and oxygen atoms in total. The van der Waals surface area contributed by atoms with E-state index in [2.05, 4.69) is 26.2 Å². The molecular formula is C8H8BrN3OS. The van der Waals surface area contributed by atoms with E-state index >= 15 is 0 Å². The van der Waals surface area contributed by atoms with Crippen LogP contribution in [-0.2, 0) is 6.54 Å². The van der Waals surface area contributed by atoms with Crippen molar-refractivity contribution < 1.29 is 4.42 Å². The lowest BCUT2D eigenvalue weighted by Crippen LogP contribution is -1.96. The topological polar surface area (TPSA) is 64.1 Å². The smallest absolute Gasteiger partial charge is 0.184 e. The lowest BCUT2D eigenvalue weighted by atomic mass is 10.3. The van der Waals surface area contributed by atoms with E-state index in [1.54, 1.807) is 12.5 Å². The van der Waals surface area contributed by atoms with Gasteiger partial charge in [0.05, 0.1) is 12.5 Å². The molecule has 3 N–H and O–H groups in total. The summed E-state index contributed by atoms with van der Waals surface area (Å²) >= 11 is 4.66. The molecule has 0 bridgehead atoms. The van der Waals surface area contributed by atoms with E-state index in [0.29, 0.717) is 11.5 Å². The molecule has 2 heterocycles. The van der Waals surface area contributed by atoms with Crippen molar-refractivity contribution in [2.24, 2.45) is 0 Å².